The van der Waals surface area contributed by atoms with Crippen LogP contribution in [-0.2, 0) is 14.3 Å². The van der Waals surface area contributed by atoms with E-state index in [1.54, 1.807) is 20.8 Å². The van der Waals surface area contributed by atoms with Crippen molar-refractivity contribution in [3.05, 3.63) is 0 Å². The van der Waals surface area contributed by atoms with Crippen LogP contribution in [0.1, 0.15) is 40.0 Å². The smallest absolute Gasteiger partial charge is 0.306 e. The minimum atomic E-state index is -0.872. The molecule has 20 heavy (non-hydrogen) atoms. The Morgan fingerprint density at radius 3 is 1.95 bits per heavy atom. The summed E-state index contributed by atoms with van der Waals surface area (Å²) in [6.07, 6.45) is 1.02. The first-order chi connectivity index (χ1) is 9.28. The van der Waals surface area contributed by atoms with Crippen molar-refractivity contribution in [3.63, 3.8) is 0 Å². The van der Waals surface area contributed by atoms with Crippen LogP contribution in [0.25, 0.3) is 0 Å². The average molecular weight is 290 g/mol. The molecule has 0 saturated heterocycles. The van der Waals surface area contributed by atoms with Crippen molar-refractivity contribution in [1.29, 1.82) is 0 Å². The summed E-state index contributed by atoms with van der Waals surface area (Å²) in [6, 6.07) is 0. The summed E-state index contributed by atoms with van der Waals surface area (Å²) in [4.78, 5) is 20.7. The molecule has 116 valence electrons. The molecule has 0 saturated carbocycles. The largest absolute Gasteiger partial charge is 0.481 e. The zero-order valence-electron chi connectivity index (χ0n) is 12.2. The van der Waals surface area contributed by atoms with Crippen LogP contribution in [0.2, 0.25) is 0 Å². The van der Waals surface area contributed by atoms with Crippen LogP contribution in [0.5, 0.6) is 0 Å². The SMILES string of the molecule is C/C(CC(C)C(=O)O)=N\O.COC(=O)CC/C(C)=N/O. The fourth-order valence-corrected chi connectivity index (χ4v) is 1.01. The first-order valence-electron chi connectivity index (χ1n) is 5.93. The summed E-state index contributed by atoms with van der Waals surface area (Å²) >= 11 is 0. The number of carboxylic acid groups (broad SMARTS) is 1. The second kappa shape index (κ2) is 11.9. The van der Waals surface area contributed by atoms with E-state index in [1.807, 2.05) is 0 Å². The molecule has 0 aromatic rings. The molecule has 0 aliphatic heterocycles. The fourth-order valence-electron chi connectivity index (χ4n) is 1.01. The van der Waals surface area contributed by atoms with Gasteiger partial charge in [-0.25, -0.2) is 0 Å². The van der Waals surface area contributed by atoms with Gasteiger partial charge in [-0.1, -0.05) is 17.2 Å². The first kappa shape index (κ1) is 20.2. The van der Waals surface area contributed by atoms with Gasteiger partial charge in [-0.2, -0.15) is 0 Å². The molecule has 8 heteroatoms. The highest BCUT2D eigenvalue weighted by molar-refractivity contribution is 5.85. The van der Waals surface area contributed by atoms with Crippen molar-refractivity contribution in [2.45, 2.75) is 40.0 Å². The molecule has 0 rings (SSSR count). The molecule has 1 atom stereocenters. The van der Waals surface area contributed by atoms with Gasteiger partial charge in [0.25, 0.3) is 0 Å². The number of rotatable bonds is 6. The number of hydrogen-bond acceptors (Lipinski definition) is 7. The standard InChI is InChI=1S/2C6H11NO3/c1-5(7-9)3-4-6(8)10-2;1-4(6(8)9)3-5(2)7-10/h9H,3-4H2,1-2H3;4,10H,3H2,1-2H3,(H,8,9)/b2*7-5+. The van der Waals surface area contributed by atoms with Gasteiger partial charge < -0.3 is 20.3 Å². The van der Waals surface area contributed by atoms with Gasteiger partial charge in [0.05, 0.1) is 30.9 Å². The number of nitrogens with zero attached hydrogens (tertiary/aromatic N) is 2. The normalized spacial score (nSPS) is 13.0. The summed E-state index contributed by atoms with van der Waals surface area (Å²) < 4.78 is 4.37. The molecule has 0 bridgehead atoms. The number of carbonyl (C=O) groups is 2. The van der Waals surface area contributed by atoms with Crippen LogP contribution >= 0.6 is 0 Å². The number of aliphatic carboxylic acids is 1. The number of methoxy groups -OCH3 is 1. The third kappa shape index (κ3) is 12.3. The molecular weight excluding hydrogens is 268 g/mol. The number of oxime groups is 2. The lowest BCUT2D eigenvalue weighted by Gasteiger charge is -2.02. The van der Waals surface area contributed by atoms with Gasteiger partial charge in [0.15, 0.2) is 0 Å². The molecule has 0 heterocycles. The fraction of sp³-hybridized carbons (Fsp3) is 0.667. The Kier molecular flexibility index (Phi) is 12.1. The van der Waals surface area contributed by atoms with Crippen molar-refractivity contribution in [2.24, 2.45) is 16.2 Å². The van der Waals surface area contributed by atoms with Crippen molar-refractivity contribution in [2.75, 3.05) is 7.11 Å². The number of esters is 1. The lowest BCUT2D eigenvalue weighted by Crippen LogP contribution is -2.12. The molecule has 8 nitrogen and oxygen atoms in total. The Morgan fingerprint density at radius 1 is 1.10 bits per heavy atom. The Balaban J connectivity index is 0. The van der Waals surface area contributed by atoms with E-state index < -0.39 is 11.9 Å². The zero-order chi connectivity index (χ0) is 16.1. The third-order valence-corrected chi connectivity index (χ3v) is 2.28. The molecule has 0 fully saturated rings. The van der Waals surface area contributed by atoms with Crippen molar-refractivity contribution < 1.29 is 29.8 Å². The second-order valence-electron chi connectivity index (χ2n) is 4.19. The summed E-state index contributed by atoms with van der Waals surface area (Å²) in [6.45, 7) is 4.79. The van der Waals surface area contributed by atoms with E-state index in [4.69, 9.17) is 15.5 Å². The van der Waals surface area contributed by atoms with Gasteiger partial charge >= 0.3 is 11.9 Å². The van der Waals surface area contributed by atoms with Crippen molar-refractivity contribution >= 4 is 23.4 Å². The van der Waals surface area contributed by atoms with Crippen LogP contribution in [-0.4, -0.2) is 46.0 Å². The van der Waals surface area contributed by atoms with Gasteiger partial charge in [0.1, 0.15) is 0 Å². The molecule has 3 N–H and O–H groups in total. The zero-order valence-corrected chi connectivity index (χ0v) is 12.2. The average Bonchev–Trinajstić information content (AvgIpc) is 2.44. The van der Waals surface area contributed by atoms with E-state index in [2.05, 4.69) is 15.0 Å². The van der Waals surface area contributed by atoms with E-state index in [1.165, 1.54) is 7.11 Å². The van der Waals surface area contributed by atoms with E-state index in [0.29, 0.717) is 24.3 Å². The van der Waals surface area contributed by atoms with Gasteiger partial charge in [-0.05, 0) is 20.3 Å². The van der Waals surface area contributed by atoms with Crippen LogP contribution in [0, 0.1) is 5.92 Å². The summed E-state index contributed by atoms with van der Waals surface area (Å²) in [7, 11) is 1.33. The van der Waals surface area contributed by atoms with Gasteiger partial charge in [-0.3, -0.25) is 9.59 Å². The van der Waals surface area contributed by atoms with E-state index in [9.17, 15) is 9.59 Å². The maximum atomic E-state index is 10.5. The van der Waals surface area contributed by atoms with Crippen molar-refractivity contribution in [3.8, 4) is 0 Å². The molecule has 0 aliphatic carbocycles. The predicted octanol–water partition coefficient (Wildman–Crippen LogP) is 1.74. The van der Waals surface area contributed by atoms with Gasteiger partial charge in [0.2, 0.25) is 0 Å². The van der Waals surface area contributed by atoms with Gasteiger partial charge in [-0.15, -0.1) is 0 Å². The molecule has 0 radical (unpaired) electrons. The van der Waals surface area contributed by atoms with Crippen LogP contribution < -0.4 is 0 Å². The highest BCUT2D eigenvalue weighted by Crippen LogP contribution is 2.02. The predicted molar refractivity (Wildman–Crippen MR) is 72.5 cm³/mol. The van der Waals surface area contributed by atoms with Crippen LogP contribution in [0.3, 0.4) is 0 Å². The minimum absolute atomic E-state index is 0.270. The molecule has 0 aromatic carbocycles. The summed E-state index contributed by atoms with van der Waals surface area (Å²) in [5.74, 6) is -1.64. The Morgan fingerprint density at radius 2 is 1.60 bits per heavy atom. The molecule has 0 amide bonds. The number of ether oxygens (including phenoxy) is 1. The molecule has 0 aromatic heterocycles. The highest BCUT2D eigenvalue weighted by Gasteiger charge is 2.11. The molecular formula is C12H22N2O6. The van der Waals surface area contributed by atoms with Crippen molar-refractivity contribution in [1.82, 2.24) is 0 Å². The monoisotopic (exact) mass is 290 g/mol. The summed E-state index contributed by atoms with van der Waals surface area (Å²) in [5, 5.41) is 30.5. The van der Waals surface area contributed by atoms with E-state index in [-0.39, 0.29) is 12.4 Å². The number of hydrogen-bond donors (Lipinski definition) is 3. The quantitative estimate of drug-likeness (QED) is 0.296. The maximum Gasteiger partial charge on any atom is 0.306 e. The minimum Gasteiger partial charge on any atom is -0.481 e. The third-order valence-electron chi connectivity index (χ3n) is 2.28. The first-order valence-corrected chi connectivity index (χ1v) is 5.93. The number of carboxylic acids is 1. The van der Waals surface area contributed by atoms with E-state index >= 15 is 0 Å². The maximum absolute atomic E-state index is 10.5. The second-order valence-corrected chi connectivity index (χ2v) is 4.19. The Bertz CT molecular complexity index is 363. The highest BCUT2D eigenvalue weighted by atomic mass is 16.5. The Labute approximate surface area is 117 Å². The van der Waals surface area contributed by atoms with Crippen LogP contribution in [0.15, 0.2) is 10.3 Å². The molecule has 0 spiro atoms. The Hall–Kier alpha value is -2.12. The number of carbonyl (C=O) groups excluding carboxylic acids is 1. The topological polar surface area (TPSA) is 129 Å². The van der Waals surface area contributed by atoms with E-state index in [0.717, 1.165) is 0 Å². The lowest BCUT2D eigenvalue weighted by atomic mass is 10.1. The van der Waals surface area contributed by atoms with Crippen LogP contribution in [0.4, 0.5) is 0 Å². The van der Waals surface area contributed by atoms with Gasteiger partial charge in [0, 0.05) is 6.42 Å². The molecule has 1 unspecified atom stereocenters. The lowest BCUT2D eigenvalue weighted by molar-refractivity contribution is -0.141. The molecule has 0 aliphatic rings. The summed E-state index contributed by atoms with van der Waals surface area (Å²) in [5.41, 5.74) is 0.973.